The van der Waals surface area contributed by atoms with Crippen molar-refractivity contribution in [3.8, 4) is 0 Å². The number of carbonyl (C=O) groups is 4. The minimum absolute atomic E-state index is 0.108. The fourth-order valence-corrected chi connectivity index (χ4v) is 13.1. The van der Waals surface area contributed by atoms with E-state index in [-0.39, 0.29) is 25.7 Å². The van der Waals surface area contributed by atoms with E-state index < -0.39 is 97.5 Å². The van der Waals surface area contributed by atoms with Crippen LogP contribution in [-0.2, 0) is 65.4 Å². The summed E-state index contributed by atoms with van der Waals surface area (Å²) < 4.78 is 68.5. The van der Waals surface area contributed by atoms with Gasteiger partial charge in [-0.05, 0) is 31.6 Å². The van der Waals surface area contributed by atoms with Crippen LogP contribution < -0.4 is 0 Å². The zero-order valence-electron chi connectivity index (χ0n) is 61.1. The van der Waals surface area contributed by atoms with Crippen LogP contribution >= 0.6 is 15.6 Å². The molecule has 0 rings (SSSR count). The van der Waals surface area contributed by atoms with Crippen LogP contribution in [0.4, 0.5) is 0 Å². The van der Waals surface area contributed by atoms with E-state index in [1.54, 1.807) is 0 Å². The van der Waals surface area contributed by atoms with Crippen LogP contribution in [0.5, 0.6) is 0 Å². The Bertz CT molecular complexity index is 1810. The maximum atomic E-state index is 13.1. The van der Waals surface area contributed by atoms with E-state index in [2.05, 4.69) is 34.6 Å². The van der Waals surface area contributed by atoms with E-state index >= 15 is 0 Å². The van der Waals surface area contributed by atoms with Crippen molar-refractivity contribution in [3.05, 3.63) is 0 Å². The van der Waals surface area contributed by atoms with Gasteiger partial charge >= 0.3 is 39.5 Å². The smallest absolute Gasteiger partial charge is 0.462 e. The second kappa shape index (κ2) is 68.2. The number of aliphatic hydroxyl groups is 1. The van der Waals surface area contributed by atoms with E-state index in [4.69, 9.17) is 37.0 Å². The molecule has 558 valence electrons. The normalized spacial score (nSPS) is 14.0. The summed E-state index contributed by atoms with van der Waals surface area (Å²) in [5.74, 6) is -1.34. The zero-order valence-corrected chi connectivity index (χ0v) is 62.9. The molecular weight excluding hydrogens is 1230 g/mol. The van der Waals surface area contributed by atoms with Crippen LogP contribution in [0.3, 0.4) is 0 Å². The summed E-state index contributed by atoms with van der Waals surface area (Å²) in [6.45, 7) is 7.30. The number of unbranched alkanes of at least 4 members (excludes halogenated alkanes) is 47. The van der Waals surface area contributed by atoms with Gasteiger partial charge in [0.2, 0.25) is 0 Å². The van der Waals surface area contributed by atoms with Gasteiger partial charge in [0.1, 0.15) is 19.3 Å². The molecule has 0 aliphatic carbocycles. The van der Waals surface area contributed by atoms with Crippen molar-refractivity contribution >= 4 is 39.5 Å². The first-order chi connectivity index (χ1) is 45.5. The third-order valence-corrected chi connectivity index (χ3v) is 19.4. The predicted octanol–water partition coefficient (Wildman–Crippen LogP) is 22.1. The first-order valence-corrected chi connectivity index (χ1v) is 42.1. The van der Waals surface area contributed by atoms with Gasteiger partial charge in [-0.2, -0.15) is 0 Å². The van der Waals surface area contributed by atoms with Gasteiger partial charge in [-0.15, -0.1) is 0 Å². The van der Waals surface area contributed by atoms with E-state index in [1.165, 1.54) is 218 Å². The molecule has 3 N–H and O–H groups in total. The average Bonchev–Trinajstić information content (AvgIpc) is 3.76. The lowest BCUT2D eigenvalue weighted by atomic mass is 10.0. The highest BCUT2D eigenvalue weighted by Gasteiger charge is 2.30. The molecule has 94 heavy (non-hydrogen) atoms. The van der Waals surface area contributed by atoms with E-state index in [9.17, 15) is 43.2 Å². The molecule has 0 heterocycles. The molecular formula is C75H146O17P2. The van der Waals surface area contributed by atoms with Crippen molar-refractivity contribution in [2.24, 2.45) is 5.92 Å². The van der Waals surface area contributed by atoms with Crippen molar-refractivity contribution < 1.29 is 80.2 Å². The largest absolute Gasteiger partial charge is 0.472 e. The summed E-state index contributed by atoms with van der Waals surface area (Å²) in [5, 5.41) is 10.6. The molecule has 0 aliphatic rings. The summed E-state index contributed by atoms with van der Waals surface area (Å²) in [4.78, 5) is 72.8. The second-order valence-electron chi connectivity index (χ2n) is 27.5. The molecule has 0 aliphatic heterocycles. The van der Waals surface area contributed by atoms with E-state index in [0.717, 1.165) is 95.8 Å². The number of hydrogen-bond acceptors (Lipinski definition) is 15. The zero-order chi connectivity index (χ0) is 69.1. The van der Waals surface area contributed by atoms with Crippen LogP contribution in [0.25, 0.3) is 0 Å². The Morgan fingerprint density at radius 1 is 0.287 bits per heavy atom. The Morgan fingerprint density at radius 2 is 0.489 bits per heavy atom. The van der Waals surface area contributed by atoms with Gasteiger partial charge in [-0.25, -0.2) is 9.13 Å². The lowest BCUT2D eigenvalue weighted by Gasteiger charge is -2.21. The summed E-state index contributed by atoms with van der Waals surface area (Å²) >= 11 is 0. The second-order valence-corrected chi connectivity index (χ2v) is 30.4. The molecule has 0 radical (unpaired) electrons. The van der Waals surface area contributed by atoms with Crippen molar-refractivity contribution in [2.45, 2.75) is 412 Å². The predicted molar refractivity (Wildman–Crippen MR) is 382 cm³/mol. The Hall–Kier alpha value is -1.94. The lowest BCUT2D eigenvalue weighted by molar-refractivity contribution is -0.161. The van der Waals surface area contributed by atoms with Crippen LogP contribution in [0, 0.1) is 5.92 Å². The number of phosphoric acid groups is 2. The Labute approximate surface area is 575 Å². The molecule has 0 bridgehead atoms. The Morgan fingerprint density at radius 3 is 0.723 bits per heavy atom. The van der Waals surface area contributed by atoms with Crippen molar-refractivity contribution in [1.29, 1.82) is 0 Å². The monoisotopic (exact) mass is 1380 g/mol. The highest BCUT2D eigenvalue weighted by Crippen LogP contribution is 2.45. The molecule has 0 fully saturated rings. The van der Waals surface area contributed by atoms with Gasteiger partial charge in [-0.1, -0.05) is 343 Å². The number of rotatable bonds is 75. The fraction of sp³-hybridized carbons (Fsp3) is 0.947. The maximum absolute atomic E-state index is 13.1. The minimum atomic E-state index is -4.96. The standard InChI is InChI=1S/C75H146O17P2/c1-6-9-12-15-18-21-24-26-28-30-34-39-44-49-54-59-73(78)86-65-71(92-75(80)61-56-51-46-41-36-32-31-33-37-42-47-52-57-68(4)5)67-90-94(83,84)88-63-69(76)62-87-93(81,82)89-66-70(64-85-72(77)58-53-48-43-38-23-20-17-14-11-8-3)91-74(79)60-55-50-45-40-35-29-27-25-22-19-16-13-10-7-2/h68-71,76H,6-67H2,1-5H3,(H,81,82)(H,83,84)/t69-,70+,71+/m0/s1. The van der Waals surface area contributed by atoms with Gasteiger partial charge in [0, 0.05) is 25.7 Å². The Kier molecular flexibility index (Phi) is 66.8. The molecule has 19 heteroatoms. The first-order valence-electron chi connectivity index (χ1n) is 39.1. The Balaban J connectivity index is 5.25. The topological polar surface area (TPSA) is 237 Å². The molecule has 2 unspecified atom stereocenters. The molecule has 0 saturated heterocycles. The maximum Gasteiger partial charge on any atom is 0.472 e. The molecule has 0 amide bonds. The van der Waals surface area contributed by atoms with Crippen LogP contribution in [-0.4, -0.2) is 96.7 Å². The average molecular weight is 1380 g/mol. The molecule has 0 aromatic heterocycles. The van der Waals surface area contributed by atoms with Crippen molar-refractivity contribution in [3.63, 3.8) is 0 Å². The summed E-state index contributed by atoms with van der Waals surface area (Å²) in [6.07, 6.45) is 56.7. The number of esters is 4. The highest BCUT2D eigenvalue weighted by atomic mass is 31.2. The quantitative estimate of drug-likeness (QED) is 0.0222. The van der Waals surface area contributed by atoms with Crippen molar-refractivity contribution in [1.82, 2.24) is 0 Å². The molecule has 0 aromatic carbocycles. The minimum Gasteiger partial charge on any atom is -0.462 e. The summed E-state index contributed by atoms with van der Waals surface area (Å²) in [6, 6.07) is 0. The highest BCUT2D eigenvalue weighted by molar-refractivity contribution is 7.47. The SMILES string of the molecule is CCCCCCCCCCCCCCCCCC(=O)OC[C@H](COP(=O)(O)OC[C@@H](O)COP(=O)(O)OC[C@@H](COC(=O)CCCCCCCCCCCC)OC(=O)CCCCCCCCCCCCCCCC)OC(=O)CCCCCCCCCCCCCCC(C)C. The summed E-state index contributed by atoms with van der Waals surface area (Å²) in [7, 11) is -9.91. The van der Waals surface area contributed by atoms with E-state index in [1.807, 2.05) is 0 Å². The first kappa shape index (κ1) is 92.1. The molecule has 0 spiro atoms. The third-order valence-electron chi connectivity index (χ3n) is 17.5. The van der Waals surface area contributed by atoms with Gasteiger partial charge in [0.15, 0.2) is 12.2 Å². The molecule has 0 saturated carbocycles. The molecule has 5 atom stereocenters. The van der Waals surface area contributed by atoms with Gasteiger partial charge in [0.25, 0.3) is 0 Å². The van der Waals surface area contributed by atoms with Crippen LogP contribution in [0.2, 0.25) is 0 Å². The summed E-state index contributed by atoms with van der Waals surface area (Å²) in [5.41, 5.74) is 0. The van der Waals surface area contributed by atoms with Gasteiger partial charge in [-0.3, -0.25) is 37.3 Å². The molecule has 17 nitrogen and oxygen atoms in total. The number of aliphatic hydroxyl groups excluding tert-OH is 1. The molecule has 0 aromatic rings. The van der Waals surface area contributed by atoms with Gasteiger partial charge < -0.3 is 33.8 Å². The number of phosphoric ester groups is 2. The van der Waals surface area contributed by atoms with Crippen LogP contribution in [0.1, 0.15) is 394 Å². The number of carbonyl (C=O) groups excluding carboxylic acids is 4. The van der Waals surface area contributed by atoms with Crippen molar-refractivity contribution in [2.75, 3.05) is 39.6 Å². The van der Waals surface area contributed by atoms with Crippen LogP contribution in [0.15, 0.2) is 0 Å². The van der Waals surface area contributed by atoms with E-state index in [0.29, 0.717) is 25.7 Å². The fourth-order valence-electron chi connectivity index (χ4n) is 11.5. The number of ether oxygens (including phenoxy) is 4. The van der Waals surface area contributed by atoms with Gasteiger partial charge in [0.05, 0.1) is 26.4 Å². The number of hydrogen-bond donors (Lipinski definition) is 3. The third kappa shape index (κ3) is 68.6. The lowest BCUT2D eigenvalue weighted by Crippen LogP contribution is -2.30.